The van der Waals surface area contributed by atoms with Gasteiger partial charge < -0.3 is 25.2 Å². The van der Waals surface area contributed by atoms with Gasteiger partial charge in [0.1, 0.15) is 11.9 Å². The van der Waals surface area contributed by atoms with Crippen molar-refractivity contribution in [2.24, 2.45) is 5.92 Å². The third-order valence-electron chi connectivity index (χ3n) is 7.08. The number of fused-ring (bicyclic) bond motifs is 1. The highest BCUT2D eigenvalue weighted by molar-refractivity contribution is 7.99. The number of aryl methyl sites for hydroxylation is 2. The molecule has 1 saturated carbocycles. The Bertz CT molecular complexity index is 1220. The van der Waals surface area contributed by atoms with Gasteiger partial charge >= 0.3 is 0 Å². The van der Waals surface area contributed by atoms with E-state index in [2.05, 4.69) is 67.1 Å². The quantitative estimate of drug-likeness (QED) is 0.288. The highest BCUT2D eigenvalue weighted by atomic mass is 32.2. The molecule has 1 aliphatic heterocycles. The molecule has 0 spiro atoms. The zero-order valence-corrected chi connectivity index (χ0v) is 23.7. The molecule has 198 valence electrons. The third kappa shape index (κ3) is 5.81. The fraction of sp³-hybridized carbons (Fsp3) is 0.500. The summed E-state index contributed by atoms with van der Waals surface area (Å²) in [5.74, 6) is 0.758. The number of aliphatic hydroxyl groups excluding tert-OH is 1. The largest absolute Gasteiger partial charge is 0.396 e. The minimum Gasteiger partial charge on any atom is -0.396 e. The van der Waals surface area contributed by atoms with Crippen LogP contribution in [0.25, 0.3) is 0 Å². The monoisotopic (exact) mass is 540 g/mol. The zero-order chi connectivity index (χ0) is 26.2. The second kappa shape index (κ2) is 10.9. The molecule has 0 amide bonds. The molecule has 3 heterocycles. The van der Waals surface area contributed by atoms with E-state index in [0.717, 1.165) is 23.5 Å². The van der Waals surface area contributed by atoms with Crippen LogP contribution in [0.4, 0.5) is 11.8 Å². The summed E-state index contributed by atoms with van der Waals surface area (Å²) in [6.07, 6.45) is 0.456. The van der Waals surface area contributed by atoms with Crippen LogP contribution >= 0.6 is 23.1 Å². The lowest BCUT2D eigenvalue weighted by Crippen LogP contribution is -2.35. The summed E-state index contributed by atoms with van der Waals surface area (Å²) < 4.78 is 12.5. The van der Waals surface area contributed by atoms with E-state index in [4.69, 9.17) is 19.4 Å². The van der Waals surface area contributed by atoms with Gasteiger partial charge in [0, 0.05) is 38.8 Å². The van der Waals surface area contributed by atoms with Gasteiger partial charge in [-0.2, -0.15) is 4.98 Å². The molecule has 2 aromatic heterocycles. The Balaban J connectivity index is 1.45. The van der Waals surface area contributed by atoms with Crippen molar-refractivity contribution in [3.63, 3.8) is 0 Å². The molecule has 5 unspecified atom stereocenters. The molecule has 3 aromatic rings. The van der Waals surface area contributed by atoms with E-state index in [1.807, 2.05) is 31.7 Å². The topological polar surface area (TPSA) is 88.5 Å². The van der Waals surface area contributed by atoms with Gasteiger partial charge in [0.15, 0.2) is 5.79 Å². The van der Waals surface area contributed by atoms with E-state index >= 15 is 0 Å². The average molecular weight is 541 g/mol. The summed E-state index contributed by atoms with van der Waals surface area (Å²) in [6, 6.07) is 12.6. The fourth-order valence-electron chi connectivity index (χ4n) is 5.36. The summed E-state index contributed by atoms with van der Waals surface area (Å²) in [7, 11) is 0. The number of thiophene rings is 1. The average Bonchev–Trinajstić information content (AvgIpc) is 3.55. The Kier molecular flexibility index (Phi) is 7.79. The molecule has 5 rings (SSSR count). The molecule has 3 N–H and O–H groups in total. The first-order valence-corrected chi connectivity index (χ1v) is 14.6. The van der Waals surface area contributed by atoms with E-state index < -0.39 is 5.79 Å². The summed E-state index contributed by atoms with van der Waals surface area (Å²) in [4.78, 5) is 12.3. The number of benzene rings is 1. The van der Waals surface area contributed by atoms with Crippen LogP contribution in [0.1, 0.15) is 54.1 Å². The number of anilines is 2. The number of nitrogens with one attached hydrogen (secondary N) is 2. The highest BCUT2D eigenvalue weighted by Gasteiger charge is 2.54. The number of rotatable bonds is 9. The Morgan fingerprint density at radius 3 is 2.65 bits per heavy atom. The number of ether oxygens (including phenoxy) is 2. The Hall–Kier alpha value is -2.17. The van der Waals surface area contributed by atoms with Gasteiger partial charge in [-0.05, 0) is 64.1 Å². The smallest absolute Gasteiger partial charge is 0.225 e. The van der Waals surface area contributed by atoms with Crippen molar-refractivity contribution in [2.45, 2.75) is 81.8 Å². The molecule has 5 atom stereocenters. The van der Waals surface area contributed by atoms with Gasteiger partial charge in [0.05, 0.1) is 18.7 Å². The second-order valence-electron chi connectivity index (χ2n) is 10.3. The molecule has 1 saturated heterocycles. The van der Waals surface area contributed by atoms with Crippen molar-refractivity contribution in [1.82, 2.24) is 9.97 Å². The molecule has 9 heteroatoms. The van der Waals surface area contributed by atoms with Crippen LogP contribution in [0.2, 0.25) is 0 Å². The number of aliphatic hydroxyl groups is 1. The van der Waals surface area contributed by atoms with Crippen LogP contribution in [0.5, 0.6) is 0 Å². The number of thioether (sulfide) groups is 1. The number of hydrogen-bond acceptors (Lipinski definition) is 9. The van der Waals surface area contributed by atoms with Crippen LogP contribution in [0.3, 0.4) is 0 Å². The number of hydrogen-bond donors (Lipinski definition) is 3. The maximum Gasteiger partial charge on any atom is 0.225 e. The highest BCUT2D eigenvalue weighted by Crippen LogP contribution is 2.45. The molecule has 1 aliphatic carbocycles. The lowest BCUT2D eigenvalue weighted by Gasteiger charge is -2.26. The SMILES string of the molecule is Cc1ccccc1SC(C)c1c(C)nc(NCc2cccs2)nc1NC1CC(CO)C2OC(C)(C)OC12. The van der Waals surface area contributed by atoms with E-state index in [1.54, 1.807) is 11.3 Å². The zero-order valence-electron chi connectivity index (χ0n) is 22.0. The van der Waals surface area contributed by atoms with Crippen molar-refractivity contribution in [2.75, 3.05) is 17.2 Å². The molecule has 1 aromatic carbocycles. The molecule has 2 fully saturated rings. The first-order valence-electron chi connectivity index (χ1n) is 12.8. The van der Waals surface area contributed by atoms with Gasteiger partial charge in [0.2, 0.25) is 5.95 Å². The molecule has 7 nitrogen and oxygen atoms in total. The van der Waals surface area contributed by atoms with Gasteiger partial charge in [-0.25, -0.2) is 4.98 Å². The van der Waals surface area contributed by atoms with E-state index in [9.17, 15) is 5.11 Å². The molecule has 2 aliphatic rings. The Morgan fingerprint density at radius 2 is 1.92 bits per heavy atom. The predicted molar refractivity (Wildman–Crippen MR) is 150 cm³/mol. The lowest BCUT2D eigenvalue weighted by molar-refractivity contribution is -0.158. The van der Waals surface area contributed by atoms with Crippen molar-refractivity contribution in [3.05, 3.63) is 63.5 Å². The van der Waals surface area contributed by atoms with Crippen molar-refractivity contribution >= 4 is 34.9 Å². The Labute approximate surface area is 227 Å². The number of aromatic nitrogens is 2. The molecule has 37 heavy (non-hydrogen) atoms. The molecule has 0 radical (unpaired) electrons. The molecular weight excluding hydrogens is 504 g/mol. The van der Waals surface area contributed by atoms with Crippen LogP contribution in [-0.2, 0) is 16.0 Å². The second-order valence-corrected chi connectivity index (χ2v) is 12.8. The van der Waals surface area contributed by atoms with E-state index in [0.29, 0.717) is 12.5 Å². The maximum absolute atomic E-state index is 10.0. The van der Waals surface area contributed by atoms with Gasteiger partial charge in [-0.3, -0.25) is 0 Å². The van der Waals surface area contributed by atoms with Crippen molar-refractivity contribution < 1.29 is 14.6 Å². The first-order chi connectivity index (χ1) is 17.7. The first kappa shape index (κ1) is 26.4. The van der Waals surface area contributed by atoms with Crippen LogP contribution < -0.4 is 10.6 Å². The van der Waals surface area contributed by atoms with Gasteiger partial charge in [-0.15, -0.1) is 23.1 Å². The van der Waals surface area contributed by atoms with E-state index in [-0.39, 0.29) is 36.0 Å². The molecular formula is C28H36N4O3S2. The van der Waals surface area contributed by atoms with Crippen molar-refractivity contribution in [3.8, 4) is 0 Å². The third-order valence-corrected chi connectivity index (χ3v) is 9.26. The van der Waals surface area contributed by atoms with Crippen LogP contribution in [0.15, 0.2) is 46.7 Å². The minimum absolute atomic E-state index is 0.0193. The van der Waals surface area contributed by atoms with Crippen LogP contribution in [-0.4, -0.2) is 45.7 Å². The summed E-state index contributed by atoms with van der Waals surface area (Å²) >= 11 is 3.53. The summed E-state index contributed by atoms with van der Waals surface area (Å²) in [5.41, 5.74) is 3.28. The van der Waals surface area contributed by atoms with Gasteiger partial charge in [0.25, 0.3) is 0 Å². The maximum atomic E-state index is 10.0. The summed E-state index contributed by atoms with van der Waals surface area (Å²) in [6.45, 7) is 11.0. The summed E-state index contributed by atoms with van der Waals surface area (Å²) in [5, 5.41) is 19.4. The predicted octanol–water partition coefficient (Wildman–Crippen LogP) is 5.93. The minimum atomic E-state index is -0.672. The fourth-order valence-corrected chi connectivity index (χ4v) is 7.19. The normalized spacial score (nSPS) is 25.1. The Morgan fingerprint density at radius 1 is 1.14 bits per heavy atom. The van der Waals surface area contributed by atoms with Crippen molar-refractivity contribution in [1.29, 1.82) is 0 Å². The lowest BCUT2D eigenvalue weighted by atomic mass is 10.1. The van der Waals surface area contributed by atoms with Crippen LogP contribution in [0, 0.1) is 19.8 Å². The molecule has 0 bridgehead atoms. The van der Waals surface area contributed by atoms with E-state index in [1.165, 1.54) is 15.3 Å². The number of nitrogens with zero attached hydrogens (tertiary/aromatic N) is 2. The standard InChI is InChI=1S/C28H36N4O3S2/c1-16-9-6-7-11-22(16)37-18(3)23-17(2)30-27(29-14-20-10-8-12-36-20)32-26(23)31-21-13-19(15-33)24-25(21)35-28(4,5)34-24/h6-12,18-19,21,24-25,33H,13-15H2,1-5H3,(H2,29,30,31,32). The van der Waals surface area contributed by atoms with Gasteiger partial charge in [-0.1, -0.05) is 24.3 Å².